The van der Waals surface area contributed by atoms with Crippen molar-refractivity contribution in [3.05, 3.63) is 23.8 Å². The molecule has 0 aliphatic rings. The lowest BCUT2D eigenvalue weighted by molar-refractivity contribution is 0.0595. The van der Waals surface area contributed by atoms with Crippen molar-refractivity contribution in [3.63, 3.8) is 0 Å². The minimum atomic E-state index is -0.414. The number of esters is 1. The van der Waals surface area contributed by atoms with Gasteiger partial charge in [-0.05, 0) is 31.0 Å². The summed E-state index contributed by atoms with van der Waals surface area (Å²) in [4.78, 5) is 11.7. The zero-order valence-corrected chi connectivity index (χ0v) is 11.2. The molecule has 0 saturated heterocycles. The van der Waals surface area contributed by atoms with Crippen LogP contribution in [0, 0.1) is 0 Å². The van der Waals surface area contributed by atoms with Crippen LogP contribution in [-0.2, 0) is 4.74 Å². The number of hydrogen-bond donors (Lipinski definition) is 0. The van der Waals surface area contributed by atoms with E-state index >= 15 is 0 Å². The van der Waals surface area contributed by atoms with Crippen LogP contribution in [0.15, 0.2) is 18.2 Å². The standard InChI is InChI=1S/C14H20O4/c1-4-8-17-11-6-7-13(18-9-5-2)12(10-11)14(15)16-3/h6-7,10H,4-5,8-9H2,1-3H3. The zero-order valence-electron chi connectivity index (χ0n) is 11.2. The Kier molecular flexibility index (Phi) is 6.05. The van der Waals surface area contributed by atoms with Crippen molar-refractivity contribution in [2.75, 3.05) is 20.3 Å². The second-order valence-corrected chi connectivity index (χ2v) is 3.85. The van der Waals surface area contributed by atoms with E-state index in [0.717, 1.165) is 12.8 Å². The van der Waals surface area contributed by atoms with E-state index in [4.69, 9.17) is 14.2 Å². The summed E-state index contributed by atoms with van der Waals surface area (Å²) in [5, 5.41) is 0. The smallest absolute Gasteiger partial charge is 0.341 e. The van der Waals surface area contributed by atoms with Crippen LogP contribution >= 0.6 is 0 Å². The molecule has 1 rings (SSSR count). The van der Waals surface area contributed by atoms with Gasteiger partial charge in [0.15, 0.2) is 0 Å². The van der Waals surface area contributed by atoms with Gasteiger partial charge in [0, 0.05) is 0 Å². The number of methoxy groups -OCH3 is 1. The number of carbonyl (C=O) groups is 1. The Morgan fingerprint density at radius 2 is 1.78 bits per heavy atom. The molecule has 1 aromatic rings. The predicted molar refractivity (Wildman–Crippen MR) is 69.4 cm³/mol. The Hall–Kier alpha value is -1.71. The second-order valence-electron chi connectivity index (χ2n) is 3.85. The molecule has 18 heavy (non-hydrogen) atoms. The van der Waals surface area contributed by atoms with E-state index in [1.54, 1.807) is 18.2 Å². The molecule has 0 aliphatic carbocycles. The lowest BCUT2D eigenvalue weighted by Crippen LogP contribution is -2.07. The first kappa shape index (κ1) is 14.4. The molecule has 0 bridgehead atoms. The van der Waals surface area contributed by atoms with Crippen LogP contribution < -0.4 is 9.47 Å². The predicted octanol–water partition coefficient (Wildman–Crippen LogP) is 3.05. The molecule has 0 atom stereocenters. The molecule has 0 N–H and O–H groups in total. The fourth-order valence-electron chi connectivity index (χ4n) is 1.43. The largest absolute Gasteiger partial charge is 0.494 e. The van der Waals surface area contributed by atoms with E-state index in [2.05, 4.69) is 0 Å². The van der Waals surface area contributed by atoms with Gasteiger partial charge in [-0.15, -0.1) is 0 Å². The third-order valence-electron chi connectivity index (χ3n) is 2.29. The van der Waals surface area contributed by atoms with Gasteiger partial charge in [-0.1, -0.05) is 13.8 Å². The SMILES string of the molecule is CCCOc1ccc(OCCC)c(C(=O)OC)c1. The van der Waals surface area contributed by atoms with E-state index in [1.807, 2.05) is 13.8 Å². The lowest BCUT2D eigenvalue weighted by Gasteiger charge is -2.11. The second kappa shape index (κ2) is 7.58. The summed E-state index contributed by atoms with van der Waals surface area (Å²) in [7, 11) is 1.35. The topological polar surface area (TPSA) is 44.8 Å². The molecule has 0 aliphatic heterocycles. The molecule has 0 spiro atoms. The van der Waals surface area contributed by atoms with Gasteiger partial charge in [-0.3, -0.25) is 0 Å². The number of benzene rings is 1. The number of hydrogen-bond acceptors (Lipinski definition) is 4. The van der Waals surface area contributed by atoms with E-state index in [0.29, 0.717) is 30.3 Å². The maximum Gasteiger partial charge on any atom is 0.341 e. The molecular weight excluding hydrogens is 232 g/mol. The molecule has 0 amide bonds. The molecule has 1 aromatic carbocycles. The average Bonchev–Trinajstić information content (AvgIpc) is 2.42. The normalized spacial score (nSPS) is 9.94. The third-order valence-corrected chi connectivity index (χ3v) is 2.29. The average molecular weight is 252 g/mol. The van der Waals surface area contributed by atoms with Gasteiger partial charge in [-0.2, -0.15) is 0 Å². The zero-order chi connectivity index (χ0) is 13.4. The van der Waals surface area contributed by atoms with Crippen molar-refractivity contribution >= 4 is 5.97 Å². The molecule has 0 heterocycles. The fourth-order valence-corrected chi connectivity index (χ4v) is 1.43. The summed E-state index contributed by atoms with van der Waals surface area (Å²) in [6.07, 6.45) is 1.80. The first-order chi connectivity index (χ1) is 8.72. The Bertz CT molecular complexity index is 387. The first-order valence-corrected chi connectivity index (χ1v) is 6.20. The molecule has 100 valence electrons. The number of rotatable bonds is 7. The minimum Gasteiger partial charge on any atom is -0.494 e. The first-order valence-electron chi connectivity index (χ1n) is 6.20. The van der Waals surface area contributed by atoms with Crippen LogP contribution in [0.1, 0.15) is 37.0 Å². The van der Waals surface area contributed by atoms with Crippen molar-refractivity contribution in [2.45, 2.75) is 26.7 Å². The quantitative estimate of drug-likeness (QED) is 0.700. The van der Waals surface area contributed by atoms with Gasteiger partial charge in [0.25, 0.3) is 0 Å². The van der Waals surface area contributed by atoms with Gasteiger partial charge < -0.3 is 14.2 Å². The van der Waals surface area contributed by atoms with Gasteiger partial charge in [-0.25, -0.2) is 4.79 Å². The van der Waals surface area contributed by atoms with Crippen LogP contribution in [-0.4, -0.2) is 26.3 Å². The highest BCUT2D eigenvalue weighted by Crippen LogP contribution is 2.25. The highest BCUT2D eigenvalue weighted by Gasteiger charge is 2.14. The Morgan fingerprint density at radius 3 is 2.39 bits per heavy atom. The fraction of sp³-hybridized carbons (Fsp3) is 0.500. The summed E-state index contributed by atoms with van der Waals surface area (Å²) in [5.74, 6) is 0.775. The molecule has 0 saturated carbocycles. The summed E-state index contributed by atoms with van der Waals surface area (Å²) >= 11 is 0. The summed E-state index contributed by atoms with van der Waals surface area (Å²) < 4.78 is 15.7. The maximum atomic E-state index is 11.7. The Morgan fingerprint density at radius 1 is 1.11 bits per heavy atom. The molecule has 4 heteroatoms. The summed E-state index contributed by atoms with van der Waals surface area (Å²) in [6.45, 7) is 5.23. The van der Waals surface area contributed by atoms with E-state index in [1.165, 1.54) is 7.11 Å². The summed E-state index contributed by atoms with van der Waals surface area (Å²) in [5.41, 5.74) is 0.402. The number of ether oxygens (including phenoxy) is 3. The highest BCUT2D eigenvalue weighted by atomic mass is 16.5. The summed E-state index contributed by atoms with van der Waals surface area (Å²) in [6, 6.07) is 5.20. The van der Waals surface area contributed by atoms with Gasteiger partial charge in [0.05, 0.1) is 20.3 Å². The number of carbonyl (C=O) groups excluding carboxylic acids is 1. The van der Waals surface area contributed by atoms with Gasteiger partial charge in [0.1, 0.15) is 17.1 Å². The molecule has 0 fully saturated rings. The van der Waals surface area contributed by atoms with Crippen molar-refractivity contribution < 1.29 is 19.0 Å². The van der Waals surface area contributed by atoms with Gasteiger partial charge in [0.2, 0.25) is 0 Å². The van der Waals surface area contributed by atoms with Crippen molar-refractivity contribution in [1.29, 1.82) is 0 Å². The monoisotopic (exact) mass is 252 g/mol. The van der Waals surface area contributed by atoms with Crippen molar-refractivity contribution in [2.24, 2.45) is 0 Å². The molecular formula is C14H20O4. The van der Waals surface area contributed by atoms with Crippen LogP contribution in [0.5, 0.6) is 11.5 Å². The van der Waals surface area contributed by atoms with Crippen LogP contribution in [0.2, 0.25) is 0 Å². The van der Waals surface area contributed by atoms with Crippen LogP contribution in [0.25, 0.3) is 0 Å². The Balaban J connectivity index is 2.92. The molecule has 0 unspecified atom stereocenters. The third kappa shape index (κ3) is 3.95. The molecule has 4 nitrogen and oxygen atoms in total. The lowest BCUT2D eigenvalue weighted by atomic mass is 10.2. The van der Waals surface area contributed by atoms with Gasteiger partial charge >= 0.3 is 5.97 Å². The van der Waals surface area contributed by atoms with Crippen LogP contribution in [0.4, 0.5) is 0 Å². The van der Waals surface area contributed by atoms with E-state index in [-0.39, 0.29) is 0 Å². The highest BCUT2D eigenvalue weighted by molar-refractivity contribution is 5.92. The van der Waals surface area contributed by atoms with Crippen LogP contribution in [0.3, 0.4) is 0 Å². The van der Waals surface area contributed by atoms with E-state index < -0.39 is 5.97 Å². The van der Waals surface area contributed by atoms with Crippen molar-refractivity contribution in [1.82, 2.24) is 0 Å². The molecule has 0 radical (unpaired) electrons. The minimum absolute atomic E-state index is 0.402. The molecule has 0 aromatic heterocycles. The maximum absolute atomic E-state index is 11.7. The Labute approximate surface area is 108 Å². The van der Waals surface area contributed by atoms with E-state index in [9.17, 15) is 4.79 Å². The van der Waals surface area contributed by atoms with Crippen molar-refractivity contribution in [3.8, 4) is 11.5 Å².